The molecule has 16 heavy (non-hydrogen) atoms. The molecule has 1 radical (unpaired) electrons. The zero-order chi connectivity index (χ0) is 12.2. The summed E-state index contributed by atoms with van der Waals surface area (Å²) in [5.74, 6) is 1.85. The lowest BCUT2D eigenvalue weighted by molar-refractivity contribution is 0.401. The van der Waals surface area contributed by atoms with Gasteiger partial charge in [-0.05, 0) is 24.7 Å². The third-order valence-corrected chi connectivity index (χ3v) is 3.66. The highest BCUT2D eigenvalue weighted by molar-refractivity contribution is 4.78. The monoisotopic (exact) mass is 225 g/mol. The average molecular weight is 225 g/mol. The summed E-state index contributed by atoms with van der Waals surface area (Å²) in [7, 11) is 0. The van der Waals surface area contributed by atoms with Crippen molar-refractivity contribution in [2.75, 3.05) is 0 Å². The van der Waals surface area contributed by atoms with Crippen LogP contribution in [0.5, 0.6) is 0 Å². The van der Waals surface area contributed by atoms with E-state index in [0.717, 1.165) is 11.8 Å². The molecule has 1 atom stereocenters. The van der Waals surface area contributed by atoms with Crippen LogP contribution in [-0.2, 0) is 0 Å². The molecule has 0 nitrogen and oxygen atoms in total. The van der Waals surface area contributed by atoms with Crippen molar-refractivity contribution in [1.82, 2.24) is 0 Å². The Morgan fingerprint density at radius 2 is 1.44 bits per heavy atom. The van der Waals surface area contributed by atoms with Crippen molar-refractivity contribution in [1.29, 1.82) is 0 Å². The number of rotatable bonds is 11. The van der Waals surface area contributed by atoms with Crippen LogP contribution in [0, 0.1) is 18.3 Å². The van der Waals surface area contributed by atoms with Gasteiger partial charge in [0, 0.05) is 0 Å². The molecular weight excluding hydrogens is 192 g/mol. The van der Waals surface area contributed by atoms with Crippen molar-refractivity contribution in [3.05, 3.63) is 6.42 Å². The number of unbranched alkanes of at least 4 members (excludes halogenated alkanes) is 1. The molecule has 0 rings (SSSR count). The first-order chi connectivity index (χ1) is 7.78. The highest BCUT2D eigenvalue weighted by Gasteiger charge is 2.11. The Kier molecular flexibility index (Phi) is 11.5. The van der Waals surface area contributed by atoms with Gasteiger partial charge >= 0.3 is 0 Å². The normalized spacial score (nSPS) is 13.3. The van der Waals surface area contributed by atoms with Crippen molar-refractivity contribution in [3.63, 3.8) is 0 Å². The van der Waals surface area contributed by atoms with E-state index < -0.39 is 0 Å². The highest BCUT2D eigenvalue weighted by atomic mass is 14.2. The van der Waals surface area contributed by atoms with Crippen molar-refractivity contribution in [2.24, 2.45) is 11.8 Å². The van der Waals surface area contributed by atoms with E-state index in [9.17, 15) is 0 Å². The second-order valence-corrected chi connectivity index (χ2v) is 5.23. The van der Waals surface area contributed by atoms with Crippen molar-refractivity contribution in [3.8, 4) is 0 Å². The molecule has 0 aromatic carbocycles. The van der Waals surface area contributed by atoms with Gasteiger partial charge in [-0.1, -0.05) is 79.1 Å². The van der Waals surface area contributed by atoms with Crippen LogP contribution in [0.3, 0.4) is 0 Å². The van der Waals surface area contributed by atoms with E-state index in [2.05, 4.69) is 34.1 Å². The fourth-order valence-electron chi connectivity index (χ4n) is 2.49. The number of hydrogen-bond acceptors (Lipinski definition) is 0. The van der Waals surface area contributed by atoms with Crippen LogP contribution in [0.1, 0.15) is 85.5 Å². The second kappa shape index (κ2) is 11.5. The lowest BCUT2D eigenvalue weighted by atomic mass is 9.87. The van der Waals surface area contributed by atoms with Crippen LogP contribution < -0.4 is 0 Å². The molecule has 0 aliphatic carbocycles. The highest BCUT2D eigenvalue weighted by Crippen LogP contribution is 2.24. The first-order valence-electron chi connectivity index (χ1n) is 7.61. The molecule has 0 bridgehead atoms. The van der Waals surface area contributed by atoms with E-state index in [4.69, 9.17) is 0 Å². The molecular formula is C16H33. The van der Waals surface area contributed by atoms with E-state index in [0.29, 0.717) is 0 Å². The Labute approximate surface area is 104 Å². The van der Waals surface area contributed by atoms with Gasteiger partial charge in [-0.3, -0.25) is 0 Å². The Balaban J connectivity index is 3.76. The van der Waals surface area contributed by atoms with Gasteiger partial charge in [0.15, 0.2) is 0 Å². The van der Waals surface area contributed by atoms with Gasteiger partial charge in [-0.15, -0.1) is 0 Å². The smallest absolute Gasteiger partial charge is 0.0352 e. The van der Waals surface area contributed by atoms with Crippen LogP contribution >= 0.6 is 0 Å². The zero-order valence-corrected chi connectivity index (χ0v) is 12.1. The second-order valence-electron chi connectivity index (χ2n) is 5.23. The minimum absolute atomic E-state index is 0.894. The predicted molar refractivity (Wildman–Crippen MR) is 75.5 cm³/mol. The topological polar surface area (TPSA) is 0 Å². The maximum absolute atomic E-state index is 2.64. The summed E-state index contributed by atoms with van der Waals surface area (Å²) in [5.41, 5.74) is 0. The van der Waals surface area contributed by atoms with Crippen molar-refractivity contribution >= 4 is 0 Å². The maximum atomic E-state index is 2.64. The quantitative estimate of drug-likeness (QED) is 0.404. The van der Waals surface area contributed by atoms with Gasteiger partial charge in [0.05, 0.1) is 0 Å². The van der Waals surface area contributed by atoms with Gasteiger partial charge in [0.2, 0.25) is 0 Å². The number of hydrogen-bond donors (Lipinski definition) is 0. The van der Waals surface area contributed by atoms with E-state index in [1.807, 2.05) is 0 Å². The summed E-state index contributed by atoms with van der Waals surface area (Å²) in [4.78, 5) is 0. The first-order valence-corrected chi connectivity index (χ1v) is 7.61. The predicted octanol–water partition coefficient (Wildman–Crippen LogP) is 6.01. The molecule has 0 heteroatoms. The Bertz CT molecular complexity index is 122. The first kappa shape index (κ1) is 16.0. The summed E-state index contributed by atoms with van der Waals surface area (Å²) in [6, 6.07) is 0. The molecule has 0 amide bonds. The molecule has 0 aliphatic heterocycles. The lowest BCUT2D eigenvalue weighted by Gasteiger charge is -2.19. The summed E-state index contributed by atoms with van der Waals surface area (Å²) in [5, 5.41) is 0. The minimum Gasteiger partial charge on any atom is -0.0654 e. The van der Waals surface area contributed by atoms with E-state index >= 15 is 0 Å². The molecule has 1 unspecified atom stereocenters. The van der Waals surface area contributed by atoms with Crippen LogP contribution in [-0.4, -0.2) is 0 Å². The van der Waals surface area contributed by atoms with Crippen molar-refractivity contribution < 1.29 is 0 Å². The fraction of sp³-hybridized carbons (Fsp3) is 0.938. The van der Waals surface area contributed by atoms with Crippen LogP contribution in [0.4, 0.5) is 0 Å². The third-order valence-electron chi connectivity index (χ3n) is 3.66. The third kappa shape index (κ3) is 8.19. The fourth-order valence-corrected chi connectivity index (χ4v) is 2.49. The Morgan fingerprint density at radius 1 is 0.812 bits per heavy atom. The van der Waals surface area contributed by atoms with Crippen LogP contribution in [0.25, 0.3) is 0 Å². The Morgan fingerprint density at radius 3 is 1.88 bits per heavy atom. The molecule has 0 heterocycles. The maximum Gasteiger partial charge on any atom is -0.0352 e. The molecule has 0 N–H and O–H groups in total. The minimum atomic E-state index is 0.894. The van der Waals surface area contributed by atoms with Crippen LogP contribution in [0.2, 0.25) is 0 Å². The molecule has 0 saturated heterocycles. The molecule has 0 aliphatic rings. The summed E-state index contributed by atoms with van der Waals surface area (Å²) in [6.07, 6.45) is 15.0. The average Bonchev–Trinajstić information content (AvgIpc) is 2.30. The van der Waals surface area contributed by atoms with Gasteiger partial charge in [-0.2, -0.15) is 0 Å². The largest absolute Gasteiger partial charge is 0.0654 e. The molecule has 0 saturated carbocycles. The molecule has 0 spiro atoms. The summed E-state index contributed by atoms with van der Waals surface area (Å²) < 4.78 is 0. The zero-order valence-electron chi connectivity index (χ0n) is 12.1. The van der Waals surface area contributed by atoms with Gasteiger partial charge < -0.3 is 0 Å². The lowest BCUT2D eigenvalue weighted by Crippen LogP contribution is -2.06. The summed E-state index contributed by atoms with van der Waals surface area (Å²) in [6.45, 7) is 9.27. The Hall–Kier alpha value is 0. The van der Waals surface area contributed by atoms with Gasteiger partial charge in [0.1, 0.15) is 0 Å². The molecule has 0 aromatic heterocycles. The molecule has 0 aromatic rings. The van der Waals surface area contributed by atoms with Gasteiger partial charge in [-0.25, -0.2) is 0 Å². The van der Waals surface area contributed by atoms with Crippen LogP contribution in [0.15, 0.2) is 0 Å². The van der Waals surface area contributed by atoms with E-state index in [1.54, 1.807) is 0 Å². The van der Waals surface area contributed by atoms with E-state index in [-0.39, 0.29) is 0 Å². The summed E-state index contributed by atoms with van der Waals surface area (Å²) >= 11 is 0. The molecule has 0 fully saturated rings. The van der Waals surface area contributed by atoms with E-state index in [1.165, 1.54) is 57.8 Å². The van der Waals surface area contributed by atoms with Crippen molar-refractivity contribution in [2.45, 2.75) is 85.5 Å². The molecule has 97 valence electrons. The standard InChI is InChI=1S/C16H33/c1-5-9-12-15(8-4)13-14-16(10-6-2)11-7-3/h14-16H,5-13H2,1-4H3. The van der Waals surface area contributed by atoms with Gasteiger partial charge in [0.25, 0.3) is 0 Å². The SMILES string of the molecule is CCCCC(CC)C[CH]C(CCC)CCC.